The third kappa shape index (κ3) is 2.56. The summed E-state index contributed by atoms with van der Waals surface area (Å²) in [6.45, 7) is 5.19. The Morgan fingerprint density at radius 2 is 2.28 bits per heavy atom. The zero-order chi connectivity index (χ0) is 13.1. The quantitative estimate of drug-likeness (QED) is 0.929. The van der Waals surface area contributed by atoms with Crippen LogP contribution in [0.5, 0.6) is 5.75 Å². The number of ether oxygens (including phenoxy) is 1. The molecule has 1 heterocycles. The Hall–Kier alpha value is -0.580. The molecule has 1 aromatic carbocycles. The van der Waals surface area contributed by atoms with Crippen molar-refractivity contribution < 1.29 is 4.74 Å². The number of hydrogen-bond acceptors (Lipinski definition) is 3. The van der Waals surface area contributed by atoms with Gasteiger partial charge in [-0.2, -0.15) is 0 Å². The van der Waals surface area contributed by atoms with Gasteiger partial charge in [0, 0.05) is 6.04 Å². The highest BCUT2D eigenvalue weighted by molar-refractivity contribution is 9.10. The molecule has 100 valence electrons. The lowest BCUT2D eigenvalue weighted by Crippen LogP contribution is -2.28. The first-order chi connectivity index (χ1) is 8.71. The van der Waals surface area contributed by atoms with E-state index in [4.69, 9.17) is 10.5 Å². The second-order valence-corrected chi connectivity index (χ2v) is 5.61. The molecule has 1 aliphatic rings. The van der Waals surface area contributed by atoms with E-state index in [-0.39, 0.29) is 0 Å². The van der Waals surface area contributed by atoms with E-state index in [0.717, 1.165) is 29.9 Å². The van der Waals surface area contributed by atoms with E-state index in [0.29, 0.717) is 12.0 Å². The number of benzene rings is 1. The number of likely N-dealkylation sites (tertiary alicyclic amines) is 1. The summed E-state index contributed by atoms with van der Waals surface area (Å²) in [5, 5.41) is 0. The van der Waals surface area contributed by atoms with Crippen molar-refractivity contribution in [3.8, 4) is 5.75 Å². The van der Waals surface area contributed by atoms with Gasteiger partial charge in [0.15, 0.2) is 0 Å². The number of nitrogens with two attached hydrogens (primary N) is 1. The first-order valence-corrected chi connectivity index (χ1v) is 7.28. The van der Waals surface area contributed by atoms with Gasteiger partial charge < -0.3 is 10.5 Å². The molecule has 0 aliphatic carbocycles. The van der Waals surface area contributed by atoms with Gasteiger partial charge in [-0.15, -0.1) is 0 Å². The minimum Gasteiger partial charge on any atom is -0.496 e. The maximum Gasteiger partial charge on any atom is 0.133 e. The third-order valence-corrected chi connectivity index (χ3v) is 4.47. The molecular formula is C14H21BrN2O. The predicted octanol–water partition coefficient (Wildman–Crippen LogP) is 2.80. The predicted molar refractivity (Wildman–Crippen MR) is 77.8 cm³/mol. The van der Waals surface area contributed by atoms with Crippen molar-refractivity contribution in [3.63, 3.8) is 0 Å². The molecule has 0 radical (unpaired) electrons. The largest absolute Gasteiger partial charge is 0.496 e. The Morgan fingerprint density at radius 3 is 2.83 bits per heavy atom. The van der Waals surface area contributed by atoms with Gasteiger partial charge in [0.05, 0.1) is 11.6 Å². The van der Waals surface area contributed by atoms with Crippen LogP contribution in [0.4, 0.5) is 0 Å². The molecule has 0 aromatic heterocycles. The standard InChI is InChI=1S/C14H21BrN2O/c1-3-17-7-6-11(9-16)14(17)10-4-5-13(18-2)12(15)8-10/h4-5,8,11,14H,3,6-7,9,16H2,1-2H3. The van der Waals surface area contributed by atoms with E-state index in [1.54, 1.807) is 7.11 Å². The number of halogens is 1. The van der Waals surface area contributed by atoms with Crippen LogP contribution in [0.3, 0.4) is 0 Å². The van der Waals surface area contributed by atoms with Crippen molar-refractivity contribution >= 4 is 15.9 Å². The van der Waals surface area contributed by atoms with Gasteiger partial charge in [0.2, 0.25) is 0 Å². The summed E-state index contributed by atoms with van der Waals surface area (Å²) < 4.78 is 6.30. The van der Waals surface area contributed by atoms with Crippen molar-refractivity contribution in [3.05, 3.63) is 28.2 Å². The fraction of sp³-hybridized carbons (Fsp3) is 0.571. The lowest BCUT2D eigenvalue weighted by atomic mass is 9.94. The first kappa shape index (κ1) is 13.8. The fourth-order valence-electron chi connectivity index (χ4n) is 2.88. The topological polar surface area (TPSA) is 38.5 Å². The van der Waals surface area contributed by atoms with Gasteiger partial charge in [0.1, 0.15) is 5.75 Å². The van der Waals surface area contributed by atoms with E-state index in [9.17, 15) is 0 Å². The smallest absolute Gasteiger partial charge is 0.133 e. The summed E-state index contributed by atoms with van der Waals surface area (Å²) in [4.78, 5) is 2.51. The van der Waals surface area contributed by atoms with Crippen LogP contribution in [-0.4, -0.2) is 31.6 Å². The van der Waals surface area contributed by atoms with Gasteiger partial charge in [0.25, 0.3) is 0 Å². The highest BCUT2D eigenvalue weighted by Crippen LogP contribution is 2.38. The summed E-state index contributed by atoms with van der Waals surface area (Å²) in [6.07, 6.45) is 1.19. The van der Waals surface area contributed by atoms with E-state index in [1.807, 2.05) is 6.07 Å². The minimum absolute atomic E-state index is 0.446. The molecule has 1 saturated heterocycles. The van der Waals surface area contributed by atoms with Gasteiger partial charge in [-0.1, -0.05) is 13.0 Å². The Balaban J connectivity index is 2.30. The molecule has 1 aliphatic heterocycles. The summed E-state index contributed by atoms with van der Waals surface area (Å²) >= 11 is 3.56. The lowest BCUT2D eigenvalue weighted by Gasteiger charge is -2.27. The van der Waals surface area contributed by atoms with Gasteiger partial charge in [-0.25, -0.2) is 0 Å². The molecule has 18 heavy (non-hydrogen) atoms. The molecule has 2 unspecified atom stereocenters. The van der Waals surface area contributed by atoms with Gasteiger partial charge in [-0.05, 0) is 65.6 Å². The molecule has 0 saturated carbocycles. The highest BCUT2D eigenvalue weighted by Gasteiger charge is 2.33. The average Bonchev–Trinajstić information content (AvgIpc) is 2.81. The average molecular weight is 313 g/mol. The summed E-state index contributed by atoms with van der Waals surface area (Å²) in [5.74, 6) is 1.44. The van der Waals surface area contributed by atoms with Crippen LogP contribution in [0.1, 0.15) is 24.9 Å². The molecule has 0 bridgehead atoms. The molecule has 2 atom stereocenters. The first-order valence-electron chi connectivity index (χ1n) is 6.48. The second kappa shape index (κ2) is 6.04. The molecular weight excluding hydrogens is 292 g/mol. The molecule has 1 fully saturated rings. The highest BCUT2D eigenvalue weighted by atomic mass is 79.9. The fourth-order valence-corrected chi connectivity index (χ4v) is 3.44. The lowest BCUT2D eigenvalue weighted by molar-refractivity contribution is 0.241. The van der Waals surface area contributed by atoms with Crippen LogP contribution in [0.25, 0.3) is 0 Å². The number of nitrogens with zero attached hydrogens (tertiary/aromatic N) is 1. The molecule has 4 heteroatoms. The summed E-state index contributed by atoms with van der Waals surface area (Å²) in [6, 6.07) is 6.80. The van der Waals surface area contributed by atoms with Crippen LogP contribution in [0, 0.1) is 5.92 Å². The van der Waals surface area contributed by atoms with Crippen LogP contribution in [-0.2, 0) is 0 Å². The molecule has 1 aromatic rings. The summed E-state index contributed by atoms with van der Waals surface area (Å²) in [7, 11) is 1.69. The van der Waals surface area contributed by atoms with E-state index in [2.05, 4.69) is 39.9 Å². The van der Waals surface area contributed by atoms with Crippen LogP contribution in [0.15, 0.2) is 22.7 Å². The third-order valence-electron chi connectivity index (χ3n) is 3.85. The summed E-state index contributed by atoms with van der Waals surface area (Å²) in [5.41, 5.74) is 7.24. The zero-order valence-corrected chi connectivity index (χ0v) is 12.6. The van der Waals surface area contributed by atoms with Gasteiger partial charge in [-0.3, -0.25) is 4.90 Å². The molecule has 2 N–H and O–H groups in total. The Bertz CT molecular complexity index is 399. The Morgan fingerprint density at radius 1 is 1.50 bits per heavy atom. The maximum absolute atomic E-state index is 5.91. The van der Waals surface area contributed by atoms with Crippen LogP contribution >= 0.6 is 15.9 Å². The monoisotopic (exact) mass is 312 g/mol. The van der Waals surface area contributed by atoms with Crippen molar-refractivity contribution in [2.75, 3.05) is 26.7 Å². The van der Waals surface area contributed by atoms with Crippen molar-refractivity contribution in [1.29, 1.82) is 0 Å². The number of hydrogen-bond donors (Lipinski definition) is 1. The molecule has 0 amide bonds. The Labute approximate surface area is 117 Å². The molecule has 3 nitrogen and oxygen atoms in total. The number of methoxy groups -OCH3 is 1. The second-order valence-electron chi connectivity index (χ2n) is 4.75. The normalized spacial score (nSPS) is 24.4. The maximum atomic E-state index is 5.91. The van der Waals surface area contributed by atoms with Crippen molar-refractivity contribution in [1.82, 2.24) is 4.90 Å². The van der Waals surface area contributed by atoms with Crippen LogP contribution < -0.4 is 10.5 Å². The van der Waals surface area contributed by atoms with E-state index in [1.165, 1.54) is 12.0 Å². The molecule has 0 spiro atoms. The van der Waals surface area contributed by atoms with Crippen molar-refractivity contribution in [2.45, 2.75) is 19.4 Å². The van der Waals surface area contributed by atoms with Crippen LogP contribution in [0.2, 0.25) is 0 Å². The van der Waals surface area contributed by atoms with Crippen molar-refractivity contribution in [2.24, 2.45) is 11.7 Å². The number of rotatable bonds is 4. The molecule has 2 rings (SSSR count). The van der Waals surface area contributed by atoms with E-state index >= 15 is 0 Å². The Kier molecular flexibility index (Phi) is 4.65. The zero-order valence-electron chi connectivity index (χ0n) is 11.0. The minimum atomic E-state index is 0.446. The van der Waals surface area contributed by atoms with E-state index < -0.39 is 0 Å². The van der Waals surface area contributed by atoms with Gasteiger partial charge >= 0.3 is 0 Å². The SMILES string of the molecule is CCN1CCC(CN)C1c1ccc(OC)c(Br)c1.